The van der Waals surface area contributed by atoms with Crippen molar-refractivity contribution in [2.24, 2.45) is 7.05 Å². The fourth-order valence-electron chi connectivity index (χ4n) is 3.09. The molecular weight excluding hydrogens is 262 g/mol. The van der Waals surface area contributed by atoms with Crippen molar-refractivity contribution in [2.45, 2.75) is 52.2 Å². The SMILES string of the molecule is CCN(c1c(CNC2CC2)c(C)nn1C)C(C)CN(C)C. The Bertz CT molecular complexity index is 461. The molecule has 1 saturated carbocycles. The lowest BCUT2D eigenvalue weighted by Gasteiger charge is -2.32. The van der Waals surface area contributed by atoms with Crippen molar-refractivity contribution >= 4 is 5.82 Å². The van der Waals surface area contributed by atoms with E-state index in [0.717, 1.165) is 31.4 Å². The minimum Gasteiger partial charge on any atom is -0.353 e. The largest absolute Gasteiger partial charge is 0.353 e. The lowest BCUT2D eigenvalue weighted by Crippen LogP contribution is -2.41. The minimum absolute atomic E-state index is 0.472. The molecule has 0 aromatic carbocycles. The monoisotopic (exact) mass is 293 g/mol. The molecule has 1 unspecified atom stereocenters. The molecule has 0 bridgehead atoms. The van der Waals surface area contributed by atoms with Crippen molar-refractivity contribution in [2.75, 3.05) is 32.1 Å². The van der Waals surface area contributed by atoms with Crippen LogP contribution < -0.4 is 10.2 Å². The van der Waals surface area contributed by atoms with Gasteiger partial charge < -0.3 is 15.1 Å². The molecule has 1 aliphatic carbocycles. The number of nitrogens with one attached hydrogen (secondary N) is 1. The molecule has 1 aliphatic rings. The average molecular weight is 293 g/mol. The van der Waals surface area contributed by atoms with Crippen molar-refractivity contribution in [1.29, 1.82) is 0 Å². The van der Waals surface area contributed by atoms with E-state index in [1.54, 1.807) is 0 Å². The van der Waals surface area contributed by atoms with Crippen molar-refractivity contribution in [3.05, 3.63) is 11.3 Å². The fourth-order valence-corrected chi connectivity index (χ4v) is 3.09. The number of likely N-dealkylation sites (N-methyl/N-ethyl adjacent to an activating group) is 2. The van der Waals surface area contributed by atoms with Gasteiger partial charge >= 0.3 is 0 Å². The number of anilines is 1. The molecule has 0 aliphatic heterocycles. The first-order valence-corrected chi connectivity index (χ1v) is 8.11. The smallest absolute Gasteiger partial charge is 0.131 e. The van der Waals surface area contributed by atoms with Crippen LogP contribution >= 0.6 is 0 Å². The Morgan fingerprint density at radius 3 is 2.57 bits per heavy atom. The fraction of sp³-hybridized carbons (Fsp3) is 0.812. The molecule has 0 spiro atoms. The molecule has 0 radical (unpaired) electrons. The van der Waals surface area contributed by atoms with Gasteiger partial charge in [-0.3, -0.25) is 4.68 Å². The van der Waals surface area contributed by atoms with Crippen LogP contribution in [0.2, 0.25) is 0 Å². The van der Waals surface area contributed by atoms with E-state index < -0.39 is 0 Å². The van der Waals surface area contributed by atoms with Gasteiger partial charge in [0.25, 0.3) is 0 Å². The number of hydrogen-bond acceptors (Lipinski definition) is 4. The van der Waals surface area contributed by atoms with E-state index in [1.165, 1.54) is 24.2 Å². The summed E-state index contributed by atoms with van der Waals surface area (Å²) in [5, 5.41) is 8.30. The van der Waals surface area contributed by atoms with Gasteiger partial charge in [-0.15, -0.1) is 0 Å². The maximum absolute atomic E-state index is 4.66. The number of aromatic nitrogens is 2. The van der Waals surface area contributed by atoms with Crippen LogP contribution in [0.1, 0.15) is 37.9 Å². The quantitative estimate of drug-likeness (QED) is 0.792. The summed E-state index contributed by atoms with van der Waals surface area (Å²) >= 11 is 0. The van der Waals surface area contributed by atoms with Crippen LogP contribution in [-0.4, -0.2) is 53.9 Å². The zero-order chi connectivity index (χ0) is 15.6. The van der Waals surface area contributed by atoms with Gasteiger partial charge in [-0.1, -0.05) is 0 Å². The highest BCUT2D eigenvalue weighted by Crippen LogP contribution is 2.27. The zero-order valence-corrected chi connectivity index (χ0v) is 14.5. The van der Waals surface area contributed by atoms with Crippen LogP contribution in [0.3, 0.4) is 0 Å². The summed E-state index contributed by atoms with van der Waals surface area (Å²) in [6.07, 6.45) is 2.65. The molecule has 120 valence electrons. The minimum atomic E-state index is 0.472. The molecule has 5 heteroatoms. The molecule has 1 N–H and O–H groups in total. The van der Waals surface area contributed by atoms with Crippen LogP contribution in [-0.2, 0) is 13.6 Å². The van der Waals surface area contributed by atoms with E-state index in [0.29, 0.717) is 6.04 Å². The normalized spacial score (nSPS) is 16.5. The third-order valence-electron chi connectivity index (χ3n) is 4.23. The maximum atomic E-state index is 4.66. The van der Waals surface area contributed by atoms with E-state index in [-0.39, 0.29) is 0 Å². The highest BCUT2D eigenvalue weighted by molar-refractivity contribution is 5.51. The third-order valence-corrected chi connectivity index (χ3v) is 4.23. The van der Waals surface area contributed by atoms with E-state index >= 15 is 0 Å². The van der Waals surface area contributed by atoms with Gasteiger partial charge in [0.15, 0.2) is 0 Å². The van der Waals surface area contributed by atoms with Crippen molar-refractivity contribution in [3.63, 3.8) is 0 Å². The van der Waals surface area contributed by atoms with Crippen LogP contribution in [0.5, 0.6) is 0 Å². The molecule has 21 heavy (non-hydrogen) atoms. The number of rotatable bonds is 8. The molecular formula is C16H31N5. The van der Waals surface area contributed by atoms with E-state index in [1.807, 2.05) is 0 Å². The molecule has 5 nitrogen and oxygen atoms in total. The van der Waals surface area contributed by atoms with Crippen molar-refractivity contribution in [1.82, 2.24) is 20.0 Å². The van der Waals surface area contributed by atoms with Gasteiger partial charge in [0, 0.05) is 44.3 Å². The molecule has 0 saturated heterocycles. The molecule has 0 amide bonds. The highest BCUT2D eigenvalue weighted by atomic mass is 15.4. The topological polar surface area (TPSA) is 36.3 Å². The van der Waals surface area contributed by atoms with Crippen molar-refractivity contribution < 1.29 is 0 Å². The van der Waals surface area contributed by atoms with Gasteiger partial charge in [0.05, 0.1) is 5.69 Å². The molecule has 1 atom stereocenters. The van der Waals surface area contributed by atoms with Gasteiger partial charge in [-0.2, -0.15) is 5.10 Å². The average Bonchev–Trinajstić information content (AvgIpc) is 3.16. The van der Waals surface area contributed by atoms with E-state index in [2.05, 4.69) is 66.8 Å². The summed E-state index contributed by atoms with van der Waals surface area (Å²) in [4.78, 5) is 4.72. The second-order valence-corrected chi connectivity index (χ2v) is 6.56. The van der Waals surface area contributed by atoms with Gasteiger partial charge in [0.2, 0.25) is 0 Å². The molecule has 2 rings (SSSR count). The first-order valence-electron chi connectivity index (χ1n) is 8.11. The second kappa shape index (κ2) is 6.79. The predicted molar refractivity (Wildman–Crippen MR) is 88.8 cm³/mol. The zero-order valence-electron chi connectivity index (χ0n) is 14.5. The Morgan fingerprint density at radius 2 is 2.05 bits per heavy atom. The summed E-state index contributed by atoms with van der Waals surface area (Å²) in [7, 11) is 6.33. The lowest BCUT2D eigenvalue weighted by molar-refractivity contribution is 0.370. The molecule has 1 fully saturated rings. The summed E-state index contributed by atoms with van der Waals surface area (Å²) in [6, 6.07) is 1.20. The number of hydrogen-bond donors (Lipinski definition) is 1. The predicted octanol–water partition coefficient (Wildman–Crippen LogP) is 1.76. The lowest BCUT2D eigenvalue weighted by atomic mass is 10.2. The highest BCUT2D eigenvalue weighted by Gasteiger charge is 2.25. The molecule has 1 heterocycles. The van der Waals surface area contributed by atoms with Gasteiger partial charge in [0.1, 0.15) is 5.82 Å². The Balaban J connectivity index is 2.21. The molecule has 1 aromatic heterocycles. The first-order chi connectivity index (χ1) is 9.93. The standard InChI is InChI=1S/C16H31N5/c1-7-21(12(2)11-19(4)5)16-15(10-17-14-8-9-14)13(3)18-20(16)6/h12,14,17H,7-11H2,1-6H3. The summed E-state index contributed by atoms with van der Waals surface area (Å²) in [5.74, 6) is 1.28. The summed E-state index contributed by atoms with van der Waals surface area (Å²) < 4.78 is 2.05. The number of nitrogens with zero attached hydrogens (tertiary/aromatic N) is 4. The van der Waals surface area contributed by atoms with Crippen LogP contribution in [0.25, 0.3) is 0 Å². The van der Waals surface area contributed by atoms with Crippen LogP contribution in [0.4, 0.5) is 5.82 Å². The third kappa shape index (κ3) is 3.98. The summed E-state index contributed by atoms with van der Waals surface area (Å²) in [5.41, 5.74) is 2.51. The van der Waals surface area contributed by atoms with E-state index in [9.17, 15) is 0 Å². The van der Waals surface area contributed by atoms with Crippen molar-refractivity contribution in [3.8, 4) is 0 Å². The Hall–Kier alpha value is -1.07. The van der Waals surface area contributed by atoms with E-state index in [4.69, 9.17) is 0 Å². The second-order valence-electron chi connectivity index (χ2n) is 6.56. The number of aryl methyl sites for hydroxylation is 2. The summed E-state index contributed by atoms with van der Waals surface area (Å²) in [6.45, 7) is 9.64. The Morgan fingerprint density at radius 1 is 1.38 bits per heavy atom. The van der Waals surface area contributed by atoms with Gasteiger partial charge in [-0.25, -0.2) is 0 Å². The van der Waals surface area contributed by atoms with Crippen LogP contribution in [0, 0.1) is 6.92 Å². The first kappa shape index (κ1) is 16.3. The van der Waals surface area contributed by atoms with Crippen LogP contribution in [0.15, 0.2) is 0 Å². The van der Waals surface area contributed by atoms with Gasteiger partial charge in [-0.05, 0) is 47.7 Å². The Kier molecular flexibility index (Phi) is 5.27. The maximum Gasteiger partial charge on any atom is 0.131 e. The molecule has 1 aromatic rings. The Labute approximate surface area is 129 Å².